The molecule has 1 heterocycles. The predicted octanol–water partition coefficient (Wildman–Crippen LogP) is 5.01. The van der Waals surface area contributed by atoms with Gasteiger partial charge in [-0.15, -0.1) is 0 Å². The molecule has 1 amide bonds. The first-order chi connectivity index (χ1) is 14.3. The smallest absolute Gasteiger partial charge is 0.410 e. The molecule has 1 saturated heterocycles. The zero-order chi connectivity index (χ0) is 21.6. The Morgan fingerprint density at radius 3 is 2.23 bits per heavy atom. The van der Waals surface area contributed by atoms with E-state index in [0.29, 0.717) is 24.7 Å². The van der Waals surface area contributed by atoms with Crippen molar-refractivity contribution in [3.8, 4) is 5.75 Å². The van der Waals surface area contributed by atoms with Gasteiger partial charge in [0.1, 0.15) is 11.4 Å². The summed E-state index contributed by atoms with van der Waals surface area (Å²) in [4.78, 5) is 16.3. The molecule has 30 heavy (non-hydrogen) atoms. The van der Waals surface area contributed by atoms with E-state index in [4.69, 9.17) is 21.1 Å². The summed E-state index contributed by atoms with van der Waals surface area (Å²) in [5.74, 6) is 0.723. The molecule has 1 fully saturated rings. The van der Waals surface area contributed by atoms with E-state index in [-0.39, 0.29) is 6.09 Å². The molecule has 0 unspecified atom stereocenters. The number of amides is 1. The van der Waals surface area contributed by atoms with Crippen LogP contribution in [0.2, 0.25) is 5.02 Å². The average molecular weight is 431 g/mol. The lowest BCUT2D eigenvalue weighted by molar-refractivity contribution is 0.0139. The quantitative estimate of drug-likeness (QED) is 0.645. The summed E-state index contributed by atoms with van der Waals surface area (Å²) in [5.41, 5.74) is 2.06. The minimum absolute atomic E-state index is 0.217. The number of carbonyl (C=O) groups is 1. The topological polar surface area (TPSA) is 42.0 Å². The van der Waals surface area contributed by atoms with E-state index in [0.717, 1.165) is 31.8 Å². The van der Waals surface area contributed by atoms with Gasteiger partial charge in [-0.05, 0) is 44.0 Å². The van der Waals surface area contributed by atoms with Crippen molar-refractivity contribution in [3.63, 3.8) is 0 Å². The summed E-state index contributed by atoms with van der Waals surface area (Å²) in [7, 11) is 0. The van der Waals surface area contributed by atoms with Crippen molar-refractivity contribution >= 4 is 17.7 Å². The van der Waals surface area contributed by atoms with Crippen LogP contribution in [0.3, 0.4) is 0 Å². The minimum atomic E-state index is -0.450. The van der Waals surface area contributed by atoms with Crippen molar-refractivity contribution in [1.29, 1.82) is 0 Å². The second-order valence-electron chi connectivity index (χ2n) is 8.59. The minimum Gasteiger partial charge on any atom is -0.492 e. The zero-order valence-corrected chi connectivity index (χ0v) is 18.8. The molecule has 2 aromatic carbocycles. The average Bonchev–Trinajstić information content (AvgIpc) is 2.70. The number of halogens is 1. The fraction of sp³-hybridized carbons (Fsp3) is 0.458. The molecule has 0 radical (unpaired) electrons. The summed E-state index contributed by atoms with van der Waals surface area (Å²) < 4.78 is 11.2. The third kappa shape index (κ3) is 6.92. The van der Waals surface area contributed by atoms with Gasteiger partial charge in [-0.3, -0.25) is 4.90 Å². The second kappa shape index (κ2) is 10.2. The molecule has 0 saturated carbocycles. The second-order valence-corrected chi connectivity index (χ2v) is 9.00. The van der Waals surface area contributed by atoms with Gasteiger partial charge in [0.25, 0.3) is 0 Å². The number of ether oxygens (including phenoxy) is 2. The molecule has 0 spiro atoms. The van der Waals surface area contributed by atoms with Gasteiger partial charge in [-0.1, -0.05) is 48.0 Å². The SMILES string of the molecule is CC(C)(C)OC(=O)N1CCN(Cc2ccc(CCOc3ccccc3Cl)cc2)CC1. The van der Waals surface area contributed by atoms with Crippen LogP contribution in [-0.2, 0) is 17.7 Å². The normalized spacial score (nSPS) is 15.1. The molecule has 1 aliphatic rings. The van der Waals surface area contributed by atoms with Crippen LogP contribution in [0.15, 0.2) is 48.5 Å². The molecule has 0 bridgehead atoms. The van der Waals surface area contributed by atoms with Crippen LogP contribution >= 0.6 is 11.6 Å². The Balaban J connectivity index is 1.41. The maximum absolute atomic E-state index is 12.2. The van der Waals surface area contributed by atoms with E-state index >= 15 is 0 Å². The van der Waals surface area contributed by atoms with Gasteiger partial charge < -0.3 is 14.4 Å². The van der Waals surface area contributed by atoms with E-state index in [1.165, 1.54) is 11.1 Å². The third-order valence-electron chi connectivity index (χ3n) is 4.94. The number of rotatable bonds is 6. The first-order valence-corrected chi connectivity index (χ1v) is 10.8. The Labute approximate surface area is 184 Å². The van der Waals surface area contributed by atoms with Crippen LogP contribution in [0, 0.1) is 0 Å². The molecule has 3 rings (SSSR count). The lowest BCUT2D eigenvalue weighted by Gasteiger charge is -2.35. The van der Waals surface area contributed by atoms with Crippen molar-refractivity contribution in [2.75, 3.05) is 32.8 Å². The number of hydrogen-bond donors (Lipinski definition) is 0. The van der Waals surface area contributed by atoms with Crippen LogP contribution in [0.5, 0.6) is 5.75 Å². The molecule has 0 N–H and O–H groups in total. The largest absolute Gasteiger partial charge is 0.492 e. The van der Waals surface area contributed by atoms with E-state index in [1.807, 2.05) is 45.0 Å². The maximum Gasteiger partial charge on any atom is 0.410 e. The molecular weight excluding hydrogens is 400 g/mol. The lowest BCUT2D eigenvalue weighted by atomic mass is 10.1. The Morgan fingerprint density at radius 1 is 0.967 bits per heavy atom. The molecule has 0 aromatic heterocycles. The maximum atomic E-state index is 12.2. The highest BCUT2D eigenvalue weighted by atomic mass is 35.5. The zero-order valence-electron chi connectivity index (χ0n) is 18.1. The predicted molar refractivity (Wildman–Crippen MR) is 120 cm³/mol. The van der Waals surface area contributed by atoms with Crippen molar-refractivity contribution < 1.29 is 14.3 Å². The number of piperazine rings is 1. The molecule has 2 aromatic rings. The van der Waals surface area contributed by atoms with Crippen LogP contribution in [0.4, 0.5) is 4.79 Å². The fourth-order valence-corrected chi connectivity index (χ4v) is 3.52. The van der Waals surface area contributed by atoms with Gasteiger partial charge in [0.15, 0.2) is 0 Å². The Morgan fingerprint density at radius 2 is 1.60 bits per heavy atom. The van der Waals surface area contributed by atoms with E-state index in [9.17, 15) is 4.79 Å². The number of benzene rings is 2. The summed E-state index contributed by atoms with van der Waals surface area (Å²) in [6, 6.07) is 16.2. The first-order valence-electron chi connectivity index (χ1n) is 10.5. The third-order valence-corrected chi connectivity index (χ3v) is 5.25. The van der Waals surface area contributed by atoms with Crippen LogP contribution in [-0.4, -0.2) is 54.3 Å². The van der Waals surface area contributed by atoms with Crippen molar-refractivity contribution in [1.82, 2.24) is 9.80 Å². The van der Waals surface area contributed by atoms with E-state index in [1.54, 1.807) is 4.90 Å². The van der Waals surface area contributed by atoms with Gasteiger partial charge in [-0.25, -0.2) is 4.79 Å². The first kappa shape index (κ1) is 22.4. The molecule has 162 valence electrons. The van der Waals surface area contributed by atoms with Crippen LogP contribution < -0.4 is 4.74 Å². The molecular formula is C24H31ClN2O3. The molecule has 0 atom stereocenters. The highest BCUT2D eigenvalue weighted by Gasteiger charge is 2.25. The van der Waals surface area contributed by atoms with Gasteiger partial charge in [-0.2, -0.15) is 0 Å². The Hall–Kier alpha value is -2.24. The number of carbonyl (C=O) groups excluding carboxylic acids is 1. The highest BCUT2D eigenvalue weighted by Crippen LogP contribution is 2.23. The number of hydrogen-bond acceptors (Lipinski definition) is 4. The van der Waals surface area contributed by atoms with E-state index < -0.39 is 5.60 Å². The Kier molecular flexibility index (Phi) is 7.62. The van der Waals surface area contributed by atoms with Gasteiger partial charge in [0.05, 0.1) is 11.6 Å². The van der Waals surface area contributed by atoms with Crippen molar-refractivity contribution in [3.05, 3.63) is 64.7 Å². The molecule has 6 heteroatoms. The molecule has 1 aliphatic heterocycles. The molecule has 5 nitrogen and oxygen atoms in total. The summed E-state index contributed by atoms with van der Waals surface area (Å²) in [5, 5.41) is 0.639. The fourth-order valence-electron chi connectivity index (χ4n) is 3.33. The number of nitrogens with zero attached hydrogens (tertiary/aromatic N) is 2. The van der Waals surface area contributed by atoms with Crippen molar-refractivity contribution in [2.45, 2.75) is 39.3 Å². The summed E-state index contributed by atoms with van der Waals surface area (Å²) in [6.45, 7) is 10.3. The standard InChI is InChI=1S/C24H31ClN2O3/c1-24(2,3)30-23(28)27-15-13-26(14-16-27)18-20-10-8-19(9-11-20)12-17-29-22-7-5-4-6-21(22)25/h4-11H,12-18H2,1-3H3. The summed E-state index contributed by atoms with van der Waals surface area (Å²) >= 11 is 6.12. The number of para-hydroxylation sites is 1. The lowest BCUT2D eigenvalue weighted by Crippen LogP contribution is -2.49. The monoisotopic (exact) mass is 430 g/mol. The highest BCUT2D eigenvalue weighted by molar-refractivity contribution is 6.32. The van der Waals surface area contributed by atoms with E-state index in [2.05, 4.69) is 29.2 Å². The van der Waals surface area contributed by atoms with Gasteiger partial charge in [0.2, 0.25) is 0 Å². The van der Waals surface area contributed by atoms with Gasteiger partial charge >= 0.3 is 6.09 Å². The van der Waals surface area contributed by atoms with Crippen LogP contribution in [0.1, 0.15) is 31.9 Å². The molecule has 0 aliphatic carbocycles. The van der Waals surface area contributed by atoms with Crippen molar-refractivity contribution in [2.24, 2.45) is 0 Å². The Bertz CT molecular complexity index is 825. The van der Waals surface area contributed by atoms with Gasteiger partial charge in [0, 0.05) is 39.1 Å². The van der Waals surface area contributed by atoms with Crippen LogP contribution in [0.25, 0.3) is 0 Å². The summed E-state index contributed by atoms with van der Waals surface area (Å²) in [6.07, 6.45) is 0.616.